The minimum Gasteiger partial charge on any atom is -0.267 e. The largest absolute Gasteiger partial charge is 0.267 e. The van der Waals surface area contributed by atoms with E-state index in [9.17, 15) is 0 Å². The first-order chi connectivity index (χ1) is 10.8. The quantitative estimate of drug-likeness (QED) is 0.437. The van der Waals surface area contributed by atoms with Gasteiger partial charge in [0, 0.05) is 11.8 Å². The normalized spacial score (nSPS) is 11.9. The van der Waals surface area contributed by atoms with Crippen LogP contribution >= 0.6 is 11.3 Å². The van der Waals surface area contributed by atoms with Gasteiger partial charge in [-0.05, 0) is 30.2 Å². The minimum absolute atomic E-state index is 1.04. The lowest BCUT2D eigenvalue weighted by molar-refractivity contribution is 1.00. The molecule has 0 bridgehead atoms. The van der Waals surface area contributed by atoms with Crippen LogP contribution in [0.4, 0.5) is 0 Å². The molecular formula is C18H13N3S. The molecule has 106 valence electrons. The van der Waals surface area contributed by atoms with Crippen LogP contribution in [0.5, 0.6) is 0 Å². The number of benzene rings is 2. The van der Waals surface area contributed by atoms with Crippen LogP contribution in [-0.4, -0.2) is 14.0 Å². The van der Waals surface area contributed by atoms with Gasteiger partial charge in [0.25, 0.3) is 0 Å². The standard InChI is InChI=1S/C18H13N3S/c1-12-6-5-9-15-17(12)21-16-10-14(13-7-3-2-4-8-13)11-20(16)19-18(21)22-15/h2-11H,1H3. The Kier molecular flexibility index (Phi) is 2.30. The summed E-state index contributed by atoms with van der Waals surface area (Å²) in [5.74, 6) is 0. The highest BCUT2D eigenvalue weighted by Crippen LogP contribution is 2.31. The number of thiazole rings is 1. The minimum atomic E-state index is 1.04. The summed E-state index contributed by atoms with van der Waals surface area (Å²) >= 11 is 1.74. The molecule has 3 heterocycles. The van der Waals surface area contributed by atoms with Crippen LogP contribution in [0.15, 0.2) is 60.8 Å². The molecule has 2 aromatic carbocycles. The van der Waals surface area contributed by atoms with E-state index < -0.39 is 0 Å². The van der Waals surface area contributed by atoms with Crippen LogP contribution in [0.3, 0.4) is 0 Å². The second kappa shape index (κ2) is 4.21. The average Bonchev–Trinajstić information content (AvgIpc) is 3.17. The first-order valence-corrected chi connectivity index (χ1v) is 8.07. The smallest absolute Gasteiger partial charge is 0.215 e. The predicted molar refractivity (Wildman–Crippen MR) is 91.7 cm³/mol. The van der Waals surface area contributed by atoms with Crippen LogP contribution in [-0.2, 0) is 0 Å². The first-order valence-electron chi connectivity index (χ1n) is 7.26. The van der Waals surface area contributed by atoms with Crippen LogP contribution in [0.2, 0.25) is 0 Å². The number of hydrogen-bond donors (Lipinski definition) is 0. The lowest BCUT2D eigenvalue weighted by atomic mass is 10.1. The van der Waals surface area contributed by atoms with Crippen molar-refractivity contribution in [1.82, 2.24) is 14.0 Å². The molecule has 5 aromatic rings. The van der Waals surface area contributed by atoms with Gasteiger partial charge in [-0.1, -0.05) is 53.8 Å². The van der Waals surface area contributed by atoms with E-state index in [-0.39, 0.29) is 0 Å². The summed E-state index contributed by atoms with van der Waals surface area (Å²) in [6, 6.07) is 19.1. The first kappa shape index (κ1) is 12.0. The van der Waals surface area contributed by atoms with Crippen LogP contribution in [0.1, 0.15) is 5.56 Å². The molecule has 0 saturated carbocycles. The molecule has 0 spiro atoms. The Morgan fingerprint density at radius 1 is 0.955 bits per heavy atom. The average molecular weight is 303 g/mol. The molecule has 0 radical (unpaired) electrons. The van der Waals surface area contributed by atoms with Gasteiger partial charge in [-0.25, -0.2) is 4.52 Å². The maximum atomic E-state index is 4.74. The third-order valence-electron chi connectivity index (χ3n) is 4.13. The molecule has 0 aliphatic heterocycles. The Labute approximate surface area is 131 Å². The molecule has 0 aliphatic carbocycles. The molecule has 3 aromatic heterocycles. The van der Waals surface area contributed by atoms with Crippen LogP contribution in [0.25, 0.3) is 32.0 Å². The molecule has 0 N–H and O–H groups in total. The van der Waals surface area contributed by atoms with E-state index in [1.54, 1.807) is 11.3 Å². The second-order valence-corrected chi connectivity index (χ2v) is 6.55. The molecule has 0 atom stereocenters. The predicted octanol–water partition coefficient (Wildman–Crippen LogP) is 4.78. The van der Waals surface area contributed by atoms with Gasteiger partial charge in [0.2, 0.25) is 4.96 Å². The van der Waals surface area contributed by atoms with Gasteiger partial charge < -0.3 is 0 Å². The van der Waals surface area contributed by atoms with Crippen molar-refractivity contribution in [3.8, 4) is 11.1 Å². The van der Waals surface area contributed by atoms with Crippen molar-refractivity contribution in [2.24, 2.45) is 0 Å². The van der Waals surface area contributed by atoms with Crippen LogP contribution < -0.4 is 0 Å². The molecule has 0 saturated heterocycles. The third-order valence-corrected chi connectivity index (χ3v) is 5.12. The van der Waals surface area contributed by atoms with Gasteiger partial charge in [-0.3, -0.25) is 4.40 Å². The van der Waals surface area contributed by atoms with Crippen LogP contribution in [0, 0.1) is 6.92 Å². The van der Waals surface area contributed by atoms with Gasteiger partial charge in [0.15, 0.2) is 0 Å². The van der Waals surface area contributed by atoms with Gasteiger partial charge in [-0.2, -0.15) is 0 Å². The molecule has 0 fully saturated rings. The fourth-order valence-electron chi connectivity index (χ4n) is 3.09. The number of nitrogens with zero attached hydrogens (tertiary/aromatic N) is 3. The van der Waals surface area contributed by atoms with Crippen molar-refractivity contribution in [2.75, 3.05) is 0 Å². The number of hydrogen-bond acceptors (Lipinski definition) is 2. The maximum absolute atomic E-state index is 4.74. The van der Waals surface area contributed by atoms with Crippen molar-refractivity contribution >= 4 is 32.2 Å². The highest BCUT2D eigenvalue weighted by molar-refractivity contribution is 7.23. The van der Waals surface area contributed by atoms with Crippen molar-refractivity contribution in [2.45, 2.75) is 6.92 Å². The number of aromatic nitrogens is 3. The van der Waals surface area contributed by atoms with Crippen molar-refractivity contribution < 1.29 is 0 Å². The fraction of sp³-hybridized carbons (Fsp3) is 0.0556. The zero-order valence-corrected chi connectivity index (χ0v) is 12.8. The maximum Gasteiger partial charge on any atom is 0.215 e. The zero-order valence-electron chi connectivity index (χ0n) is 12.0. The summed E-state index contributed by atoms with van der Waals surface area (Å²) in [7, 11) is 0. The van der Waals surface area contributed by atoms with E-state index in [1.165, 1.54) is 26.9 Å². The summed E-state index contributed by atoms with van der Waals surface area (Å²) < 4.78 is 5.54. The Bertz CT molecular complexity index is 1130. The Hall–Kier alpha value is -2.59. The summed E-state index contributed by atoms with van der Waals surface area (Å²) in [6.45, 7) is 2.16. The summed E-state index contributed by atoms with van der Waals surface area (Å²) in [4.78, 5) is 1.04. The Balaban J connectivity index is 1.88. The van der Waals surface area contributed by atoms with Gasteiger partial charge in [0.05, 0.1) is 10.2 Å². The summed E-state index contributed by atoms with van der Waals surface area (Å²) in [6.07, 6.45) is 2.11. The monoisotopic (exact) mass is 303 g/mol. The SMILES string of the molecule is Cc1cccc2sc3nn4cc(-c5ccccc5)cc4n3c12. The second-order valence-electron chi connectivity index (χ2n) is 5.54. The van der Waals surface area contributed by atoms with Gasteiger partial charge in [-0.15, -0.1) is 5.10 Å². The van der Waals surface area contributed by atoms with Gasteiger partial charge >= 0.3 is 0 Å². The van der Waals surface area contributed by atoms with E-state index in [1.807, 2.05) is 10.6 Å². The van der Waals surface area contributed by atoms with E-state index in [2.05, 4.69) is 66.1 Å². The molecule has 5 rings (SSSR count). The van der Waals surface area contributed by atoms with Crippen molar-refractivity contribution in [3.63, 3.8) is 0 Å². The molecular weight excluding hydrogens is 290 g/mol. The third kappa shape index (κ3) is 1.53. The molecule has 0 aliphatic rings. The number of fused-ring (bicyclic) bond motifs is 5. The fourth-order valence-corrected chi connectivity index (χ4v) is 4.18. The highest BCUT2D eigenvalue weighted by atomic mass is 32.1. The van der Waals surface area contributed by atoms with Gasteiger partial charge in [0.1, 0.15) is 5.65 Å². The van der Waals surface area contributed by atoms with E-state index in [4.69, 9.17) is 5.10 Å². The lowest BCUT2D eigenvalue weighted by Crippen LogP contribution is -1.84. The number of rotatable bonds is 1. The van der Waals surface area contributed by atoms with E-state index in [0.717, 1.165) is 10.6 Å². The summed E-state index contributed by atoms with van der Waals surface area (Å²) in [5.41, 5.74) is 6.09. The van der Waals surface area contributed by atoms with Crippen molar-refractivity contribution in [1.29, 1.82) is 0 Å². The summed E-state index contributed by atoms with van der Waals surface area (Å²) in [5, 5.41) is 4.74. The molecule has 0 amide bonds. The van der Waals surface area contributed by atoms with E-state index >= 15 is 0 Å². The Morgan fingerprint density at radius 2 is 1.82 bits per heavy atom. The molecule has 4 heteroatoms. The van der Waals surface area contributed by atoms with Crippen molar-refractivity contribution in [3.05, 3.63) is 66.4 Å². The number of aryl methyl sites for hydroxylation is 1. The highest BCUT2D eigenvalue weighted by Gasteiger charge is 2.14. The van der Waals surface area contributed by atoms with E-state index in [0.29, 0.717) is 0 Å². The lowest BCUT2D eigenvalue weighted by Gasteiger charge is -1.97. The Morgan fingerprint density at radius 3 is 2.68 bits per heavy atom. The topological polar surface area (TPSA) is 21.7 Å². The molecule has 22 heavy (non-hydrogen) atoms. The molecule has 0 unspecified atom stereocenters. The molecule has 3 nitrogen and oxygen atoms in total. The number of para-hydroxylation sites is 1. The zero-order chi connectivity index (χ0) is 14.7.